The zero-order valence-electron chi connectivity index (χ0n) is 6.40. The smallest absolute Gasteiger partial charge is 0.276 e. The van der Waals surface area contributed by atoms with Gasteiger partial charge in [-0.25, -0.2) is 4.99 Å². The molecular weight excluding hydrogens is 158 g/mol. The lowest BCUT2D eigenvalue weighted by atomic mass is 10.1. The van der Waals surface area contributed by atoms with Crippen LogP contribution in [0.1, 0.15) is 6.92 Å². The van der Waals surface area contributed by atoms with Crippen LogP contribution in [0.25, 0.3) is 0 Å². The van der Waals surface area contributed by atoms with Gasteiger partial charge in [-0.2, -0.15) is 5.10 Å². The molecule has 0 aromatic heterocycles. The summed E-state index contributed by atoms with van der Waals surface area (Å²) in [6.07, 6.45) is 0. The monoisotopic (exact) mass is 165 g/mol. The second-order valence-electron chi connectivity index (χ2n) is 2.60. The second kappa shape index (κ2) is 2.13. The van der Waals surface area contributed by atoms with Gasteiger partial charge in [0, 0.05) is 0 Å². The first-order valence-corrected chi connectivity index (χ1v) is 3.45. The number of nitrogens with two attached hydrogens (primary N) is 1. The predicted molar refractivity (Wildman–Crippen MR) is 44.1 cm³/mol. The molecule has 0 aromatic carbocycles. The van der Waals surface area contributed by atoms with Crippen molar-refractivity contribution in [3.8, 4) is 0 Å². The van der Waals surface area contributed by atoms with Gasteiger partial charge in [-0.3, -0.25) is 10.1 Å². The first kappa shape index (κ1) is 6.96. The summed E-state index contributed by atoms with van der Waals surface area (Å²) in [6, 6.07) is -0.362. The average molecular weight is 165 g/mol. The van der Waals surface area contributed by atoms with Crippen molar-refractivity contribution < 1.29 is 4.79 Å². The SMILES string of the molecule is CC1=NN=C2C(=O)NC(N)=NC12. The van der Waals surface area contributed by atoms with Crippen molar-refractivity contribution in [2.75, 3.05) is 0 Å². The molecule has 1 amide bonds. The molecule has 6 nitrogen and oxygen atoms in total. The molecule has 2 aliphatic heterocycles. The molecule has 0 fully saturated rings. The molecule has 2 rings (SSSR count). The number of fused-ring (bicyclic) bond motifs is 1. The number of carbonyl (C=O) groups is 1. The Morgan fingerprint density at radius 2 is 2.25 bits per heavy atom. The van der Waals surface area contributed by atoms with Gasteiger partial charge in [-0.1, -0.05) is 0 Å². The Morgan fingerprint density at radius 3 is 3.00 bits per heavy atom. The van der Waals surface area contributed by atoms with Crippen molar-refractivity contribution in [1.82, 2.24) is 5.32 Å². The van der Waals surface area contributed by atoms with Gasteiger partial charge in [0.15, 0.2) is 11.7 Å². The van der Waals surface area contributed by atoms with E-state index in [0.29, 0.717) is 11.4 Å². The molecule has 1 atom stereocenters. The lowest BCUT2D eigenvalue weighted by molar-refractivity contribution is -0.113. The van der Waals surface area contributed by atoms with E-state index in [-0.39, 0.29) is 17.9 Å². The van der Waals surface area contributed by atoms with Gasteiger partial charge in [-0.05, 0) is 6.92 Å². The fourth-order valence-electron chi connectivity index (χ4n) is 1.12. The van der Waals surface area contributed by atoms with E-state index in [1.165, 1.54) is 0 Å². The van der Waals surface area contributed by atoms with Crippen molar-refractivity contribution >= 4 is 23.3 Å². The Bertz CT molecular complexity index is 340. The summed E-state index contributed by atoms with van der Waals surface area (Å²) in [5.41, 5.74) is 6.37. The molecule has 1 unspecified atom stereocenters. The fraction of sp³-hybridized carbons (Fsp3) is 0.333. The maximum absolute atomic E-state index is 11.2. The maximum Gasteiger partial charge on any atom is 0.276 e. The molecule has 2 aliphatic rings. The fourth-order valence-corrected chi connectivity index (χ4v) is 1.12. The number of nitrogens with zero attached hydrogens (tertiary/aromatic N) is 3. The number of carbonyl (C=O) groups excluding carboxylic acids is 1. The Labute approximate surface area is 68.3 Å². The predicted octanol–water partition coefficient (Wildman–Crippen LogP) is -1.37. The van der Waals surface area contributed by atoms with Crippen molar-refractivity contribution in [3.63, 3.8) is 0 Å². The lowest BCUT2D eigenvalue weighted by Crippen LogP contribution is -2.50. The first-order chi connectivity index (χ1) is 5.68. The molecule has 12 heavy (non-hydrogen) atoms. The number of guanidine groups is 1. The van der Waals surface area contributed by atoms with E-state index in [1.54, 1.807) is 6.92 Å². The van der Waals surface area contributed by atoms with Gasteiger partial charge in [0.05, 0.1) is 5.71 Å². The van der Waals surface area contributed by atoms with Crippen molar-refractivity contribution in [1.29, 1.82) is 0 Å². The average Bonchev–Trinajstić information content (AvgIpc) is 2.33. The molecule has 62 valence electrons. The molecule has 0 saturated carbocycles. The van der Waals surface area contributed by atoms with E-state index in [1.807, 2.05) is 0 Å². The molecule has 3 N–H and O–H groups in total. The Balaban J connectivity index is 2.43. The molecule has 0 radical (unpaired) electrons. The molecule has 2 heterocycles. The molecule has 0 aromatic rings. The number of hydrogen-bond acceptors (Lipinski definition) is 5. The van der Waals surface area contributed by atoms with Crippen LogP contribution in [-0.4, -0.2) is 29.3 Å². The minimum Gasteiger partial charge on any atom is -0.370 e. The van der Waals surface area contributed by atoms with Crippen LogP contribution < -0.4 is 11.1 Å². The van der Waals surface area contributed by atoms with Crippen LogP contribution in [0.3, 0.4) is 0 Å². The van der Waals surface area contributed by atoms with Crippen molar-refractivity contribution in [3.05, 3.63) is 0 Å². The van der Waals surface area contributed by atoms with Gasteiger partial charge in [0.2, 0.25) is 0 Å². The molecule has 0 spiro atoms. The van der Waals surface area contributed by atoms with Crippen molar-refractivity contribution in [2.24, 2.45) is 20.9 Å². The minimum absolute atomic E-state index is 0.125. The van der Waals surface area contributed by atoms with E-state index in [4.69, 9.17) is 5.73 Å². The van der Waals surface area contributed by atoms with E-state index in [9.17, 15) is 4.79 Å². The standard InChI is InChI=1S/C6H7N5O/c1-2-3-4(11-10-2)5(12)9-6(7)8-3/h3H,1H3,(H3,7,8,9,12). The van der Waals surface area contributed by atoms with Crippen LogP contribution in [0, 0.1) is 0 Å². The lowest BCUT2D eigenvalue weighted by Gasteiger charge is -2.15. The normalized spacial score (nSPS) is 26.9. The summed E-state index contributed by atoms with van der Waals surface area (Å²) >= 11 is 0. The highest BCUT2D eigenvalue weighted by Gasteiger charge is 2.33. The van der Waals surface area contributed by atoms with Gasteiger partial charge >= 0.3 is 0 Å². The van der Waals surface area contributed by atoms with E-state index >= 15 is 0 Å². The van der Waals surface area contributed by atoms with Crippen LogP contribution in [-0.2, 0) is 4.79 Å². The zero-order valence-corrected chi connectivity index (χ0v) is 6.40. The third-order valence-corrected chi connectivity index (χ3v) is 1.71. The molecule has 6 heteroatoms. The van der Waals surface area contributed by atoms with Gasteiger partial charge in [-0.15, -0.1) is 5.10 Å². The number of rotatable bonds is 0. The first-order valence-electron chi connectivity index (χ1n) is 3.45. The molecule has 0 aliphatic carbocycles. The summed E-state index contributed by atoms with van der Waals surface area (Å²) in [7, 11) is 0. The number of nitrogens with one attached hydrogen (secondary N) is 1. The Hall–Kier alpha value is -1.72. The minimum atomic E-state index is -0.362. The van der Waals surface area contributed by atoms with Crippen LogP contribution in [0.4, 0.5) is 0 Å². The van der Waals surface area contributed by atoms with Gasteiger partial charge in [0.1, 0.15) is 6.04 Å². The van der Waals surface area contributed by atoms with Gasteiger partial charge < -0.3 is 5.73 Å². The number of hydrogen-bond donors (Lipinski definition) is 2. The molecule has 0 saturated heterocycles. The third-order valence-electron chi connectivity index (χ3n) is 1.71. The molecule has 0 bridgehead atoms. The van der Waals surface area contributed by atoms with Crippen LogP contribution in [0.5, 0.6) is 0 Å². The Kier molecular flexibility index (Phi) is 1.24. The van der Waals surface area contributed by atoms with Gasteiger partial charge in [0.25, 0.3) is 5.91 Å². The second-order valence-corrected chi connectivity index (χ2v) is 2.60. The summed E-state index contributed by atoms with van der Waals surface area (Å²) in [6.45, 7) is 1.76. The van der Waals surface area contributed by atoms with E-state index in [0.717, 1.165) is 0 Å². The van der Waals surface area contributed by atoms with Crippen LogP contribution in [0.2, 0.25) is 0 Å². The Morgan fingerprint density at radius 1 is 1.50 bits per heavy atom. The third kappa shape index (κ3) is 0.810. The summed E-state index contributed by atoms with van der Waals surface area (Å²) in [5, 5.41) is 9.79. The quantitative estimate of drug-likeness (QED) is 0.463. The highest BCUT2D eigenvalue weighted by Crippen LogP contribution is 2.10. The summed E-state index contributed by atoms with van der Waals surface area (Å²) < 4.78 is 0. The van der Waals surface area contributed by atoms with Crippen LogP contribution in [0.15, 0.2) is 15.2 Å². The highest BCUT2D eigenvalue weighted by atomic mass is 16.2. The van der Waals surface area contributed by atoms with Crippen molar-refractivity contribution in [2.45, 2.75) is 13.0 Å². The summed E-state index contributed by atoms with van der Waals surface area (Å²) in [4.78, 5) is 15.1. The highest BCUT2D eigenvalue weighted by molar-refractivity contribution is 6.49. The zero-order chi connectivity index (χ0) is 8.72. The maximum atomic E-state index is 11.2. The largest absolute Gasteiger partial charge is 0.370 e. The number of amides is 1. The topological polar surface area (TPSA) is 92.2 Å². The van der Waals surface area contributed by atoms with Crippen LogP contribution >= 0.6 is 0 Å². The van der Waals surface area contributed by atoms with E-state index in [2.05, 4.69) is 20.5 Å². The molecular formula is C6H7N5O. The summed E-state index contributed by atoms with van der Waals surface area (Å²) in [5.74, 6) is -0.187. The number of aliphatic imine (C=N–C) groups is 1. The van der Waals surface area contributed by atoms with E-state index < -0.39 is 0 Å².